The maximum Gasteiger partial charge on any atom is 0.238 e. The molecule has 6 heteroatoms. The Morgan fingerprint density at radius 1 is 1.21 bits per heavy atom. The summed E-state index contributed by atoms with van der Waals surface area (Å²) in [6.07, 6.45) is 9.66. The molecule has 0 atom stereocenters. The lowest BCUT2D eigenvalue weighted by Crippen LogP contribution is -2.11. The fraction of sp³-hybridized carbons (Fsp3) is 0.455. The van der Waals surface area contributed by atoms with Gasteiger partial charge in [-0.15, -0.1) is 0 Å². The van der Waals surface area contributed by atoms with Gasteiger partial charge in [-0.25, -0.2) is 13.6 Å². The highest BCUT2D eigenvalue weighted by molar-refractivity contribution is 7.89. The molecule has 0 heterocycles. The van der Waals surface area contributed by atoms with E-state index >= 15 is 0 Å². The molecule has 0 bridgehead atoms. The summed E-state index contributed by atoms with van der Waals surface area (Å²) in [6.45, 7) is 5.75. The monoisotopic (exact) mass is 423 g/mol. The molecule has 1 aromatic carbocycles. The van der Waals surface area contributed by atoms with Gasteiger partial charge in [0.1, 0.15) is 0 Å². The van der Waals surface area contributed by atoms with Crippen molar-refractivity contribution in [3.05, 3.63) is 58.3 Å². The van der Waals surface area contributed by atoms with E-state index in [1.165, 1.54) is 24.0 Å². The van der Waals surface area contributed by atoms with E-state index in [1.54, 1.807) is 19.2 Å². The lowest BCUT2D eigenvalue weighted by molar-refractivity contribution is 0.293. The highest BCUT2D eigenvalue weighted by Crippen LogP contribution is 2.62. The third-order valence-electron chi connectivity index (χ3n) is 5.41. The van der Waals surface area contributed by atoms with Gasteiger partial charge in [-0.2, -0.15) is 0 Å². The highest BCUT2D eigenvalue weighted by Gasteiger charge is 2.47. The van der Waals surface area contributed by atoms with E-state index in [4.69, 9.17) is 21.5 Å². The third-order valence-corrected chi connectivity index (χ3v) is 6.50. The van der Waals surface area contributed by atoms with Gasteiger partial charge in [0.05, 0.1) is 17.8 Å². The molecule has 0 amide bonds. The number of allylic oxidation sites excluding steroid dienone is 6. The number of hydrogen-bond donors (Lipinski definition) is 1. The van der Waals surface area contributed by atoms with E-state index in [2.05, 4.69) is 6.08 Å². The smallest absolute Gasteiger partial charge is 0.238 e. The first-order valence-corrected chi connectivity index (χ1v) is 11.4. The van der Waals surface area contributed by atoms with Crippen LogP contribution < -0.4 is 5.14 Å². The van der Waals surface area contributed by atoms with Gasteiger partial charge < -0.3 is 4.74 Å². The van der Waals surface area contributed by atoms with Crippen LogP contribution in [0.1, 0.15) is 58.4 Å². The highest BCUT2D eigenvalue weighted by atomic mass is 35.5. The molecule has 28 heavy (non-hydrogen) atoms. The zero-order chi connectivity index (χ0) is 20.9. The molecule has 2 aliphatic carbocycles. The number of benzene rings is 1. The van der Waals surface area contributed by atoms with Gasteiger partial charge in [0.2, 0.25) is 10.0 Å². The number of nitrogens with two attached hydrogens (primary N) is 1. The van der Waals surface area contributed by atoms with E-state index in [1.807, 2.05) is 39.0 Å². The van der Waals surface area contributed by atoms with Gasteiger partial charge >= 0.3 is 0 Å². The predicted octanol–water partition coefficient (Wildman–Crippen LogP) is 5.75. The van der Waals surface area contributed by atoms with Crippen LogP contribution >= 0.6 is 11.6 Å². The average Bonchev–Trinajstić information content (AvgIpc) is 3.30. The molecule has 0 unspecified atom stereocenters. The van der Waals surface area contributed by atoms with Crippen molar-refractivity contribution in [3.8, 4) is 0 Å². The summed E-state index contributed by atoms with van der Waals surface area (Å²) in [4.78, 5) is 0.161. The molecule has 1 aromatic rings. The first-order chi connectivity index (χ1) is 13.1. The molecule has 0 radical (unpaired) electrons. The van der Waals surface area contributed by atoms with Gasteiger partial charge in [0, 0.05) is 5.03 Å². The predicted molar refractivity (Wildman–Crippen MR) is 116 cm³/mol. The summed E-state index contributed by atoms with van der Waals surface area (Å²) in [7, 11) is -1.97. The van der Waals surface area contributed by atoms with Gasteiger partial charge in [0.25, 0.3) is 0 Å². The van der Waals surface area contributed by atoms with Gasteiger partial charge in [-0.3, -0.25) is 0 Å². The van der Waals surface area contributed by atoms with Crippen molar-refractivity contribution >= 4 is 27.2 Å². The second kappa shape index (κ2) is 9.29. The summed E-state index contributed by atoms with van der Waals surface area (Å²) in [5.41, 5.74) is 4.36. The number of hydrogen-bond acceptors (Lipinski definition) is 3. The molecule has 1 spiro atoms. The Balaban J connectivity index is 0.000000409. The summed E-state index contributed by atoms with van der Waals surface area (Å²) >= 11 is 5.97. The minimum Gasteiger partial charge on any atom is -0.502 e. The van der Waals surface area contributed by atoms with Gasteiger partial charge in [0.15, 0.2) is 0 Å². The molecular formula is C22H30ClNO3S. The van der Waals surface area contributed by atoms with E-state index in [0.29, 0.717) is 5.41 Å². The maximum atomic E-state index is 11.4. The van der Waals surface area contributed by atoms with Crippen LogP contribution in [0, 0.1) is 5.41 Å². The van der Waals surface area contributed by atoms with Gasteiger partial charge in [-0.1, -0.05) is 41.5 Å². The quantitative estimate of drug-likeness (QED) is 0.613. The Labute approximate surface area is 174 Å². The Morgan fingerprint density at radius 3 is 2.21 bits per heavy atom. The zero-order valence-electron chi connectivity index (χ0n) is 17.1. The second-order valence-corrected chi connectivity index (χ2v) is 9.76. The summed E-state index contributed by atoms with van der Waals surface area (Å²) in [5, 5.41) is 5.97. The van der Waals surface area contributed by atoms with E-state index in [9.17, 15) is 8.42 Å². The van der Waals surface area contributed by atoms with Crippen LogP contribution in [-0.2, 0) is 14.8 Å². The lowest BCUT2D eigenvalue weighted by atomic mass is 9.99. The summed E-state index contributed by atoms with van der Waals surface area (Å²) in [6, 6.07) is 6.92. The van der Waals surface area contributed by atoms with Crippen LogP contribution in [0.2, 0.25) is 0 Å². The average molecular weight is 424 g/mol. The second-order valence-electron chi connectivity index (χ2n) is 7.60. The number of rotatable bonds is 5. The molecule has 2 N–H and O–H groups in total. The molecule has 0 aromatic heterocycles. The molecular weight excluding hydrogens is 394 g/mol. The fourth-order valence-corrected chi connectivity index (χ4v) is 3.97. The van der Waals surface area contributed by atoms with Crippen LogP contribution in [0.4, 0.5) is 0 Å². The molecule has 0 saturated heterocycles. The largest absolute Gasteiger partial charge is 0.502 e. The van der Waals surface area contributed by atoms with Crippen LogP contribution in [0.5, 0.6) is 0 Å². The molecule has 3 rings (SSSR count). The fourth-order valence-electron chi connectivity index (χ4n) is 3.38. The Bertz CT molecular complexity index is 888. The van der Waals surface area contributed by atoms with E-state index in [-0.39, 0.29) is 4.90 Å². The first-order valence-electron chi connectivity index (χ1n) is 9.43. The van der Waals surface area contributed by atoms with E-state index in [0.717, 1.165) is 35.6 Å². The topological polar surface area (TPSA) is 69.4 Å². The number of sulfonamides is 1. The summed E-state index contributed by atoms with van der Waals surface area (Å²) in [5.74, 6) is 0.968. The summed E-state index contributed by atoms with van der Waals surface area (Å²) < 4.78 is 27.5. The minimum absolute atomic E-state index is 0.161. The van der Waals surface area contributed by atoms with Crippen molar-refractivity contribution < 1.29 is 13.2 Å². The van der Waals surface area contributed by atoms with Crippen LogP contribution in [0.25, 0.3) is 5.57 Å². The SMILES string of the molecule is C/C(Cl)=C\CC1=C(c2ccc(S(N)(=O)=O)cc2)CC2(CC2)C1.C/C=C(\C)OC. The Kier molecular flexibility index (Phi) is 7.54. The molecule has 1 saturated carbocycles. The minimum atomic E-state index is -3.63. The van der Waals surface area contributed by atoms with Crippen molar-refractivity contribution in [2.24, 2.45) is 10.6 Å². The van der Waals surface area contributed by atoms with Crippen molar-refractivity contribution in [2.45, 2.75) is 57.8 Å². The van der Waals surface area contributed by atoms with Crippen molar-refractivity contribution in [1.29, 1.82) is 0 Å². The molecule has 2 aliphatic rings. The Morgan fingerprint density at radius 2 is 1.82 bits per heavy atom. The first kappa shape index (κ1) is 22.7. The van der Waals surface area contributed by atoms with Crippen LogP contribution in [0.15, 0.2) is 57.7 Å². The normalized spacial score (nSPS) is 18.8. The van der Waals surface area contributed by atoms with E-state index < -0.39 is 10.0 Å². The number of primary sulfonamides is 1. The number of halogens is 1. The number of methoxy groups -OCH3 is 1. The standard InChI is InChI=1S/C17H20ClNO2S.C5H10O/c1-12(18)2-3-14-10-17(8-9-17)11-16(14)13-4-6-15(7-5-13)22(19,20)21;1-4-5(2)6-3/h2,4-7H,3,8-11H2,1H3,(H2,19,20,21);4H,1-3H3/b12-2+;5-4+. The lowest BCUT2D eigenvalue weighted by Gasteiger charge is -2.08. The van der Waals surface area contributed by atoms with Crippen molar-refractivity contribution in [1.82, 2.24) is 0 Å². The number of ether oxygens (including phenoxy) is 1. The van der Waals surface area contributed by atoms with Crippen molar-refractivity contribution in [2.75, 3.05) is 7.11 Å². The van der Waals surface area contributed by atoms with Crippen LogP contribution in [-0.4, -0.2) is 15.5 Å². The molecule has 0 aliphatic heterocycles. The molecule has 4 nitrogen and oxygen atoms in total. The maximum absolute atomic E-state index is 11.4. The van der Waals surface area contributed by atoms with Gasteiger partial charge in [-0.05, 0) is 81.6 Å². The third kappa shape index (κ3) is 6.23. The molecule has 1 fully saturated rings. The Hall–Kier alpha value is -1.56. The van der Waals surface area contributed by atoms with Crippen molar-refractivity contribution in [3.63, 3.8) is 0 Å². The molecule has 154 valence electrons. The van der Waals surface area contributed by atoms with Crippen LogP contribution in [0.3, 0.4) is 0 Å². The zero-order valence-corrected chi connectivity index (χ0v) is 18.7.